The van der Waals surface area contributed by atoms with E-state index in [1.54, 1.807) is 0 Å². The molecular formula is C17H25N. The summed E-state index contributed by atoms with van der Waals surface area (Å²) in [5, 5.41) is 3.95. The first kappa shape index (κ1) is 12.1. The highest BCUT2D eigenvalue weighted by Gasteiger charge is 2.38. The van der Waals surface area contributed by atoms with Crippen LogP contribution in [0.2, 0.25) is 0 Å². The van der Waals surface area contributed by atoms with E-state index in [-0.39, 0.29) is 0 Å². The normalized spacial score (nSPS) is 25.6. The van der Waals surface area contributed by atoms with Crippen LogP contribution in [0.1, 0.15) is 68.1 Å². The summed E-state index contributed by atoms with van der Waals surface area (Å²) in [5.41, 5.74) is 6.28. The van der Waals surface area contributed by atoms with Crippen LogP contribution in [0.5, 0.6) is 0 Å². The summed E-state index contributed by atoms with van der Waals surface area (Å²) in [6.07, 6.45) is 8.29. The summed E-state index contributed by atoms with van der Waals surface area (Å²) >= 11 is 0. The molecule has 1 aromatic rings. The summed E-state index contributed by atoms with van der Waals surface area (Å²) in [7, 11) is 0. The predicted octanol–water partition coefficient (Wildman–Crippen LogP) is 4.93. The molecule has 0 radical (unpaired) electrons. The van der Waals surface area contributed by atoms with Gasteiger partial charge in [-0.25, -0.2) is 0 Å². The molecule has 1 spiro atoms. The molecule has 1 heteroatoms. The van der Waals surface area contributed by atoms with Crippen molar-refractivity contribution in [3.8, 4) is 0 Å². The number of benzene rings is 1. The van der Waals surface area contributed by atoms with Crippen LogP contribution >= 0.6 is 0 Å². The fourth-order valence-corrected chi connectivity index (χ4v) is 3.98. The molecule has 0 bridgehead atoms. The lowest BCUT2D eigenvalue weighted by molar-refractivity contribution is 0.281. The highest BCUT2D eigenvalue weighted by atomic mass is 15.0. The lowest BCUT2D eigenvalue weighted by Crippen LogP contribution is -2.44. The van der Waals surface area contributed by atoms with Crippen LogP contribution in [0.15, 0.2) is 12.1 Å². The van der Waals surface area contributed by atoms with Crippen LogP contribution in [0.3, 0.4) is 0 Å². The average molecular weight is 243 g/mol. The smallest absolute Gasteiger partial charge is 0.0412 e. The van der Waals surface area contributed by atoms with Crippen molar-refractivity contribution < 1.29 is 0 Å². The fourth-order valence-electron chi connectivity index (χ4n) is 3.98. The van der Waals surface area contributed by atoms with Gasteiger partial charge in [0.1, 0.15) is 0 Å². The average Bonchev–Trinajstić information content (AvgIpc) is 2.35. The molecule has 1 nitrogen and oxygen atoms in total. The molecule has 18 heavy (non-hydrogen) atoms. The van der Waals surface area contributed by atoms with Gasteiger partial charge in [-0.3, -0.25) is 0 Å². The van der Waals surface area contributed by atoms with Crippen molar-refractivity contribution in [3.63, 3.8) is 0 Å². The molecule has 98 valence electrons. The van der Waals surface area contributed by atoms with E-state index < -0.39 is 0 Å². The minimum Gasteiger partial charge on any atom is -0.379 e. The third-order valence-corrected chi connectivity index (χ3v) is 5.20. The number of fused-ring (bicyclic) bond motifs is 1. The molecule has 0 amide bonds. The van der Waals surface area contributed by atoms with Crippen LogP contribution in [0, 0.1) is 13.8 Å². The van der Waals surface area contributed by atoms with Crippen molar-refractivity contribution in [3.05, 3.63) is 28.8 Å². The summed E-state index contributed by atoms with van der Waals surface area (Å²) in [6, 6.07) is 4.62. The summed E-state index contributed by atoms with van der Waals surface area (Å²) in [6.45, 7) is 6.91. The van der Waals surface area contributed by atoms with Gasteiger partial charge >= 0.3 is 0 Å². The maximum Gasteiger partial charge on any atom is 0.0412 e. The molecule has 3 rings (SSSR count). The summed E-state index contributed by atoms with van der Waals surface area (Å²) < 4.78 is 0. The van der Waals surface area contributed by atoms with E-state index in [4.69, 9.17) is 0 Å². The van der Waals surface area contributed by atoms with Gasteiger partial charge in [-0.05, 0) is 55.7 Å². The number of anilines is 1. The highest BCUT2D eigenvalue weighted by Crippen LogP contribution is 2.46. The minimum atomic E-state index is 0.406. The van der Waals surface area contributed by atoms with Gasteiger partial charge in [0.15, 0.2) is 0 Å². The Labute approximate surface area is 111 Å². The first-order valence-corrected chi connectivity index (χ1v) is 7.50. The zero-order valence-corrected chi connectivity index (χ0v) is 12.0. The Morgan fingerprint density at radius 1 is 1.11 bits per heavy atom. The van der Waals surface area contributed by atoms with Crippen LogP contribution < -0.4 is 5.32 Å². The topological polar surface area (TPSA) is 12.0 Å². The van der Waals surface area contributed by atoms with Gasteiger partial charge in [0.25, 0.3) is 0 Å². The Kier molecular flexibility index (Phi) is 2.88. The Morgan fingerprint density at radius 3 is 2.56 bits per heavy atom. The Balaban J connectivity index is 2.02. The van der Waals surface area contributed by atoms with Crippen LogP contribution in [-0.2, 0) is 0 Å². The van der Waals surface area contributed by atoms with Crippen molar-refractivity contribution in [2.24, 2.45) is 0 Å². The Morgan fingerprint density at radius 2 is 1.83 bits per heavy atom. The van der Waals surface area contributed by atoms with E-state index in [2.05, 4.69) is 38.2 Å². The molecule has 1 atom stereocenters. The van der Waals surface area contributed by atoms with Gasteiger partial charge in [0.2, 0.25) is 0 Å². The van der Waals surface area contributed by atoms with E-state index in [1.807, 2.05) is 0 Å². The molecule has 0 unspecified atom stereocenters. The molecule has 1 heterocycles. The second-order valence-corrected chi connectivity index (χ2v) is 6.54. The van der Waals surface area contributed by atoms with Gasteiger partial charge in [0, 0.05) is 11.2 Å². The van der Waals surface area contributed by atoms with Crippen molar-refractivity contribution >= 4 is 5.69 Å². The molecule has 2 aliphatic rings. The molecule has 0 saturated heterocycles. The summed E-state index contributed by atoms with van der Waals surface area (Å²) in [4.78, 5) is 0. The number of hydrogen-bond acceptors (Lipinski definition) is 1. The first-order chi connectivity index (χ1) is 8.61. The number of rotatable bonds is 0. The largest absolute Gasteiger partial charge is 0.379 e. The monoisotopic (exact) mass is 243 g/mol. The standard InChI is InChI=1S/C17H25N/c1-12-7-8-15-13(2)11-17(9-5-4-6-10-17)18-16(15)14(12)3/h7-8,13,18H,4-6,9-11H2,1-3H3/t13-/m0/s1. The van der Waals surface area contributed by atoms with Crippen LogP contribution in [0.4, 0.5) is 5.69 Å². The molecule has 1 saturated carbocycles. The molecule has 0 aromatic heterocycles. The van der Waals surface area contributed by atoms with Gasteiger partial charge in [-0.2, -0.15) is 0 Å². The van der Waals surface area contributed by atoms with E-state index in [0.717, 1.165) is 0 Å². The second kappa shape index (κ2) is 4.29. The van der Waals surface area contributed by atoms with Crippen LogP contribution in [-0.4, -0.2) is 5.54 Å². The summed E-state index contributed by atoms with van der Waals surface area (Å²) in [5.74, 6) is 0.707. The molecule has 1 aliphatic carbocycles. The number of aryl methyl sites for hydroxylation is 1. The van der Waals surface area contributed by atoms with Gasteiger partial charge in [0.05, 0.1) is 0 Å². The number of nitrogens with one attached hydrogen (secondary N) is 1. The molecule has 1 aliphatic heterocycles. The van der Waals surface area contributed by atoms with E-state index in [9.17, 15) is 0 Å². The second-order valence-electron chi connectivity index (χ2n) is 6.54. The van der Waals surface area contributed by atoms with Crippen molar-refractivity contribution in [1.29, 1.82) is 0 Å². The lowest BCUT2D eigenvalue weighted by atomic mass is 9.71. The third kappa shape index (κ3) is 1.84. The van der Waals surface area contributed by atoms with Gasteiger partial charge in [-0.15, -0.1) is 0 Å². The highest BCUT2D eigenvalue weighted by molar-refractivity contribution is 5.64. The lowest BCUT2D eigenvalue weighted by Gasteiger charge is -2.46. The zero-order valence-electron chi connectivity index (χ0n) is 12.0. The van der Waals surface area contributed by atoms with E-state index in [0.29, 0.717) is 11.5 Å². The van der Waals surface area contributed by atoms with Gasteiger partial charge in [-0.1, -0.05) is 38.3 Å². The van der Waals surface area contributed by atoms with Crippen LogP contribution in [0.25, 0.3) is 0 Å². The molecule has 1 N–H and O–H groups in total. The quantitative estimate of drug-likeness (QED) is 0.681. The molecular weight excluding hydrogens is 218 g/mol. The number of hydrogen-bond donors (Lipinski definition) is 1. The third-order valence-electron chi connectivity index (χ3n) is 5.20. The SMILES string of the molecule is Cc1ccc2c(c1C)NC1(CCCCC1)C[C@@H]2C. The van der Waals surface area contributed by atoms with E-state index in [1.165, 1.54) is 60.9 Å². The first-order valence-electron chi connectivity index (χ1n) is 7.50. The van der Waals surface area contributed by atoms with Gasteiger partial charge < -0.3 is 5.32 Å². The van der Waals surface area contributed by atoms with Crippen molar-refractivity contribution in [1.82, 2.24) is 0 Å². The van der Waals surface area contributed by atoms with Crippen molar-refractivity contribution in [2.75, 3.05) is 5.32 Å². The fraction of sp³-hybridized carbons (Fsp3) is 0.647. The Bertz CT molecular complexity index is 455. The maximum absolute atomic E-state index is 3.95. The van der Waals surface area contributed by atoms with Crippen molar-refractivity contribution in [2.45, 2.75) is 70.8 Å². The van der Waals surface area contributed by atoms with E-state index >= 15 is 0 Å². The Hall–Kier alpha value is -0.980. The maximum atomic E-state index is 3.95. The molecule has 1 aromatic carbocycles. The predicted molar refractivity (Wildman–Crippen MR) is 78.4 cm³/mol. The minimum absolute atomic E-state index is 0.406. The zero-order chi connectivity index (χ0) is 12.8. The molecule has 1 fully saturated rings.